The number of hydrogen-bond acceptors (Lipinski definition) is 6. The number of benzene rings is 1. The molecule has 1 amide bonds. The molecule has 2 heterocycles. The summed E-state index contributed by atoms with van der Waals surface area (Å²) in [6.07, 6.45) is 2.95. The molecule has 128 valence electrons. The molecule has 3 rings (SSSR count). The summed E-state index contributed by atoms with van der Waals surface area (Å²) in [5, 5.41) is 6.83. The zero-order chi connectivity index (χ0) is 16.8. The van der Waals surface area contributed by atoms with Crippen LogP contribution in [0.4, 0.5) is 0 Å². The first-order chi connectivity index (χ1) is 11.7. The third-order valence-electron chi connectivity index (χ3n) is 3.91. The van der Waals surface area contributed by atoms with Gasteiger partial charge in [0.25, 0.3) is 0 Å². The zero-order valence-electron chi connectivity index (χ0n) is 13.7. The number of ether oxygens (including phenoxy) is 2. The lowest BCUT2D eigenvalue weighted by atomic mass is 10.2. The van der Waals surface area contributed by atoms with Gasteiger partial charge in [-0.05, 0) is 25.0 Å². The quantitative estimate of drug-likeness (QED) is 0.835. The number of nitrogens with zero attached hydrogens (tertiary/aromatic N) is 2. The minimum absolute atomic E-state index is 0.0355. The van der Waals surface area contributed by atoms with Gasteiger partial charge in [0, 0.05) is 31.6 Å². The van der Waals surface area contributed by atoms with Gasteiger partial charge in [0.15, 0.2) is 0 Å². The minimum Gasteiger partial charge on any atom is -0.497 e. The van der Waals surface area contributed by atoms with Crippen LogP contribution in [0.1, 0.15) is 25.2 Å². The molecule has 1 aromatic heterocycles. The summed E-state index contributed by atoms with van der Waals surface area (Å²) in [5.41, 5.74) is 0.812. The van der Waals surface area contributed by atoms with Crippen molar-refractivity contribution in [2.45, 2.75) is 31.8 Å². The van der Waals surface area contributed by atoms with Gasteiger partial charge in [-0.25, -0.2) is 0 Å². The van der Waals surface area contributed by atoms with Crippen molar-refractivity contribution in [3.8, 4) is 17.1 Å². The van der Waals surface area contributed by atoms with E-state index in [1.807, 2.05) is 24.3 Å². The predicted octanol–water partition coefficient (Wildman–Crippen LogP) is 1.97. The fourth-order valence-corrected chi connectivity index (χ4v) is 2.58. The lowest BCUT2D eigenvalue weighted by molar-refractivity contribution is -0.121. The number of nitrogens with one attached hydrogen (secondary N) is 1. The Kier molecular flexibility index (Phi) is 5.43. The molecule has 1 N–H and O–H groups in total. The Hall–Kier alpha value is -2.41. The molecule has 0 radical (unpaired) electrons. The van der Waals surface area contributed by atoms with Crippen LogP contribution in [0.2, 0.25) is 0 Å². The molecule has 7 heteroatoms. The average molecular weight is 331 g/mol. The maximum atomic E-state index is 11.9. The first-order valence-corrected chi connectivity index (χ1v) is 8.10. The van der Waals surface area contributed by atoms with Gasteiger partial charge in [-0.1, -0.05) is 17.3 Å². The molecule has 24 heavy (non-hydrogen) atoms. The van der Waals surface area contributed by atoms with Crippen molar-refractivity contribution in [3.63, 3.8) is 0 Å². The summed E-state index contributed by atoms with van der Waals surface area (Å²) in [4.78, 5) is 16.2. The first-order valence-electron chi connectivity index (χ1n) is 8.10. The van der Waals surface area contributed by atoms with Gasteiger partial charge >= 0.3 is 0 Å². The molecule has 1 atom stereocenters. The summed E-state index contributed by atoms with van der Waals surface area (Å²) >= 11 is 0. The second-order valence-corrected chi connectivity index (χ2v) is 5.68. The maximum absolute atomic E-state index is 11.9. The van der Waals surface area contributed by atoms with Crippen molar-refractivity contribution in [1.82, 2.24) is 15.5 Å². The Balaban J connectivity index is 1.49. The van der Waals surface area contributed by atoms with Crippen LogP contribution >= 0.6 is 0 Å². The van der Waals surface area contributed by atoms with Crippen molar-refractivity contribution < 1.29 is 18.8 Å². The highest BCUT2D eigenvalue weighted by molar-refractivity contribution is 5.76. The molecule has 1 aliphatic rings. The summed E-state index contributed by atoms with van der Waals surface area (Å²) in [5.74, 6) is 1.63. The highest BCUT2D eigenvalue weighted by Crippen LogP contribution is 2.21. The Bertz CT molecular complexity index is 680. The van der Waals surface area contributed by atoms with Crippen LogP contribution in [0.25, 0.3) is 11.4 Å². The number of aromatic nitrogens is 2. The van der Waals surface area contributed by atoms with Gasteiger partial charge in [-0.3, -0.25) is 4.79 Å². The van der Waals surface area contributed by atoms with E-state index in [9.17, 15) is 4.79 Å². The number of methoxy groups -OCH3 is 1. The molecule has 0 saturated carbocycles. The molecular weight excluding hydrogens is 310 g/mol. The first kappa shape index (κ1) is 16.4. The minimum atomic E-state index is -0.0355. The van der Waals surface area contributed by atoms with Crippen LogP contribution in [-0.2, 0) is 16.0 Å². The van der Waals surface area contributed by atoms with Gasteiger partial charge in [-0.15, -0.1) is 0 Å². The topological polar surface area (TPSA) is 86.5 Å². The smallest absolute Gasteiger partial charge is 0.227 e. The molecule has 1 saturated heterocycles. The Morgan fingerprint density at radius 1 is 1.46 bits per heavy atom. The molecule has 7 nitrogen and oxygen atoms in total. The maximum Gasteiger partial charge on any atom is 0.227 e. The fourth-order valence-electron chi connectivity index (χ4n) is 2.58. The van der Waals surface area contributed by atoms with Crippen molar-refractivity contribution in [2.24, 2.45) is 0 Å². The largest absolute Gasteiger partial charge is 0.497 e. The normalized spacial score (nSPS) is 17.0. The third kappa shape index (κ3) is 4.32. The van der Waals surface area contributed by atoms with Gasteiger partial charge in [0.1, 0.15) is 5.75 Å². The Morgan fingerprint density at radius 3 is 3.17 bits per heavy atom. The molecular formula is C17H21N3O4. The van der Waals surface area contributed by atoms with Crippen LogP contribution in [-0.4, -0.2) is 42.4 Å². The highest BCUT2D eigenvalue weighted by atomic mass is 16.5. The monoisotopic (exact) mass is 331 g/mol. The Labute approximate surface area is 140 Å². The van der Waals surface area contributed by atoms with Crippen LogP contribution < -0.4 is 10.1 Å². The van der Waals surface area contributed by atoms with Gasteiger partial charge in [0.05, 0.1) is 13.2 Å². The van der Waals surface area contributed by atoms with Gasteiger partial charge < -0.3 is 19.3 Å². The molecule has 1 aromatic carbocycles. The summed E-state index contributed by atoms with van der Waals surface area (Å²) in [6.45, 7) is 1.35. The van der Waals surface area contributed by atoms with E-state index < -0.39 is 0 Å². The van der Waals surface area contributed by atoms with Crippen molar-refractivity contribution in [3.05, 3.63) is 30.2 Å². The van der Waals surface area contributed by atoms with E-state index in [1.54, 1.807) is 7.11 Å². The van der Waals surface area contributed by atoms with Crippen LogP contribution in [0.3, 0.4) is 0 Å². The number of carbonyl (C=O) groups is 1. The van der Waals surface area contributed by atoms with E-state index in [2.05, 4.69) is 15.5 Å². The van der Waals surface area contributed by atoms with Crippen molar-refractivity contribution >= 4 is 5.91 Å². The lowest BCUT2D eigenvalue weighted by Gasteiger charge is -2.09. The van der Waals surface area contributed by atoms with E-state index in [0.29, 0.717) is 31.1 Å². The standard InChI is InChI=1S/C17H21N3O4/c1-22-13-5-2-4-12(10-13)17-19-16(24-20-17)8-7-15(21)18-11-14-6-3-9-23-14/h2,4-5,10,14H,3,6-9,11H2,1H3,(H,18,21)/t14-/m1/s1. The molecule has 0 unspecified atom stereocenters. The molecule has 0 spiro atoms. The molecule has 2 aromatic rings. The zero-order valence-corrected chi connectivity index (χ0v) is 13.7. The SMILES string of the molecule is COc1cccc(-c2noc(CCC(=O)NC[C@H]3CCCO3)n2)c1. The molecule has 1 aliphatic heterocycles. The number of hydrogen-bond donors (Lipinski definition) is 1. The number of amides is 1. The van der Waals surface area contributed by atoms with Gasteiger partial charge in [-0.2, -0.15) is 4.98 Å². The van der Waals surface area contributed by atoms with E-state index >= 15 is 0 Å². The van der Waals surface area contributed by atoms with E-state index in [4.69, 9.17) is 14.0 Å². The van der Waals surface area contributed by atoms with E-state index in [0.717, 1.165) is 30.8 Å². The lowest BCUT2D eigenvalue weighted by Crippen LogP contribution is -2.31. The van der Waals surface area contributed by atoms with Gasteiger partial charge in [0.2, 0.25) is 17.6 Å². The summed E-state index contributed by atoms with van der Waals surface area (Å²) in [7, 11) is 1.61. The van der Waals surface area contributed by atoms with Crippen molar-refractivity contribution in [1.29, 1.82) is 0 Å². The Morgan fingerprint density at radius 2 is 2.38 bits per heavy atom. The van der Waals surface area contributed by atoms with Crippen LogP contribution in [0.5, 0.6) is 5.75 Å². The molecule has 0 bridgehead atoms. The third-order valence-corrected chi connectivity index (χ3v) is 3.91. The van der Waals surface area contributed by atoms with E-state index in [1.165, 1.54) is 0 Å². The number of rotatable bonds is 7. The molecule has 0 aliphatic carbocycles. The summed E-state index contributed by atoms with van der Waals surface area (Å²) in [6, 6.07) is 7.43. The predicted molar refractivity (Wildman–Crippen MR) is 86.6 cm³/mol. The number of carbonyl (C=O) groups excluding carboxylic acids is 1. The second kappa shape index (κ2) is 7.92. The summed E-state index contributed by atoms with van der Waals surface area (Å²) < 4.78 is 15.9. The fraction of sp³-hybridized carbons (Fsp3) is 0.471. The van der Waals surface area contributed by atoms with E-state index in [-0.39, 0.29) is 12.0 Å². The van der Waals surface area contributed by atoms with Crippen LogP contribution in [0, 0.1) is 0 Å². The second-order valence-electron chi connectivity index (χ2n) is 5.68. The number of aryl methyl sites for hydroxylation is 1. The van der Waals surface area contributed by atoms with Crippen molar-refractivity contribution in [2.75, 3.05) is 20.3 Å². The van der Waals surface area contributed by atoms with Crippen LogP contribution in [0.15, 0.2) is 28.8 Å². The average Bonchev–Trinajstić information content (AvgIpc) is 3.30. The highest BCUT2D eigenvalue weighted by Gasteiger charge is 2.16. The molecule has 1 fully saturated rings.